The summed E-state index contributed by atoms with van der Waals surface area (Å²) in [6, 6.07) is 15.2. The molecule has 6 nitrogen and oxygen atoms in total. The van der Waals surface area contributed by atoms with Crippen LogP contribution in [0.4, 0.5) is 0 Å². The van der Waals surface area contributed by atoms with Crippen LogP contribution < -0.4 is 4.74 Å². The molecular weight excluding hydrogens is 464 g/mol. The van der Waals surface area contributed by atoms with Crippen LogP contribution in [0.15, 0.2) is 72.6 Å². The Morgan fingerprint density at radius 3 is 2.43 bits per heavy atom. The van der Waals surface area contributed by atoms with E-state index in [9.17, 15) is 14.7 Å². The molecule has 1 unspecified atom stereocenters. The molecule has 0 aliphatic carbocycles. The molecule has 0 saturated carbocycles. The van der Waals surface area contributed by atoms with Gasteiger partial charge in [-0.2, -0.15) is 0 Å². The standard InChI is InChI=1S/C28H27ClN2O4/c1-28(2,3)19-9-12-22(35-4)21(14-19)25(32)23-24(18-7-10-20(29)11-8-18)31(27(34)26(23)33)16-17-6-5-13-30-15-17/h5-15,24,32H,16H2,1-4H3/b25-23+. The molecule has 2 aromatic carbocycles. The SMILES string of the molecule is COc1ccc(C(C)(C)C)cc1/C(O)=C1\C(=O)C(=O)N(Cc2cccnc2)C1c1ccc(Cl)cc1. The number of halogens is 1. The fraction of sp³-hybridized carbons (Fsp3) is 0.250. The van der Waals surface area contributed by atoms with Gasteiger partial charge in [0.25, 0.3) is 11.7 Å². The Hall–Kier alpha value is -3.64. The lowest BCUT2D eigenvalue weighted by molar-refractivity contribution is -0.140. The van der Waals surface area contributed by atoms with Crippen LogP contribution in [0.25, 0.3) is 5.76 Å². The first kappa shape index (κ1) is 24.5. The van der Waals surface area contributed by atoms with Crippen molar-refractivity contribution in [2.75, 3.05) is 7.11 Å². The van der Waals surface area contributed by atoms with Gasteiger partial charge in [-0.3, -0.25) is 14.6 Å². The molecule has 1 aromatic heterocycles. The van der Waals surface area contributed by atoms with Gasteiger partial charge in [-0.1, -0.05) is 56.6 Å². The van der Waals surface area contributed by atoms with Gasteiger partial charge in [0.2, 0.25) is 0 Å². The summed E-state index contributed by atoms with van der Waals surface area (Å²) in [5.74, 6) is -1.32. The zero-order chi connectivity index (χ0) is 25.3. The number of nitrogens with zero attached hydrogens (tertiary/aromatic N) is 2. The molecule has 1 aliphatic rings. The Morgan fingerprint density at radius 2 is 1.83 bits per heavy atom. The first-order valence-electron chi connectivity index (χ1n) is 11.2. The smallest absolute Gasteiger partial charge is 0.295 e. The number of carbonyl (C=O) groups is 2. The van der Waals surface area contributed by atoms with E-state index < -0.39 is 17.7 Å². The minimum atomic E-state index is -0.810. The minimum absolute atomic E-state index is 0.00516. The third-order valence-electron chi connectivity index (χ3n) is 6.12. The van der Waals surface area contributed by atoms with E-state index in [1.165, 1.54) is 12.0 Å². The zero-order valence-corrected chi connectivity index (χ0v) is 20.8. The van der Waals surface area contributed by atoms with Crippen molar-refractivity contribution in [3.8, 4) is 5.75 Å². The summed E-state index contributed by atoms with van der Waals surface area (Å²) in [6.07, 6.45) is 3.29. The molecule has 1 amide bonds. The molecule has 4 rings (SSSR count). The van der Waals surface area contributed by atoms with Gasteiger partial charge in [-0.15, -0.1) is 0 Å². The van der Waals surface area contributed by atoms with Gasteiger partial charge < -0.3 is 14.7 Å². The molecule has 1 saturated heterocycles. The summed E-state index contributed by atoms with van der Waals surface area (Å²) in [6.45, 7) is 6.32. The molecule has 2 heterocycles. The fourth-order valence-corrected chi connectivity index (χ4v) is 4.35. The Kier molecular flexibility index (Phi) is 6.68. The molecule has 0 bridgehead atoms. The van der Waals surface area contributed by atoms with E-state index in [0.29, 0.717) is 21.9 Å². The third-order valence-corrected chi connectivity index (χ3v) is 6.37. The van der Waals surface area contributed by atoms with E-state index in [4.69, 9.17) is 16.3 Å². The number of hydrogen-bond acceptors (Lipinski definition) is 5. The molecule has 7 heteroatoms. The van der Waals surface area contributed by atoms with Gasteiger partial charge in [-0.25, -0.2) is 0 Å². The van der Waals surface area contributed by atoms with E-state index >= 15 is 0 Å². The predicted octanol–water partition coefficient (Wildman–Crippen LogP) is 5.66. The van der Waals surface area contributed by atoms with Gasteiger partial charge in [0.1, 0.15) is 11.5 Å². The maximum absolute atomic E-state index is 13.4. The summed E-state index contributed by atoms with van der Waals surface area (Å²) in [5, 5.41) is 12.1. The Labute approximate surface area is 209 Å². The number of ketones is 1. The highest BCUT2D eigenvalue weighted by Gasteiger charge is 2.46. The Morgan fingerprint density at radius 1 is 1.11 bits per heavy atom. The highest BCUT2D eigenvalue weighted by Crippen LogP contribution is 2.42. The molecular formula is C28H27ClN2O4. The van der Waals surface area contributed by atoms with Crippen LogP contribution in [0, 0.1) is 0 Å². The number of Topliss-reactive ketones (excluding diaryl/α,β-unsaturated/α-hetero) is 1. The maximum Gasteiger partial charge on any atom is 0.295 e. The largest absolute Gasteiger partial charge is 0.507 e. The number of likely N-dealkylation sites (tertiary alicyclic amines) is 1. The minimum Gasteiger partial charge on any atom is -0.507 e. The number of aromatic nitrogens is 1. The summed E-state index contributed by atoms with van der Waals surface area (Å²) in [5.41, 5.74) is 2.53. The number of aliphatic hydroxyl groups excluding tert-OH is 1. The molecule has 0 radical (unpaired) electrons. The highest BCUT2D eigenvalue weighted by atomic mass is 35.5. The molecule has 1 atom stereocenters. The van der Waals surface area contributed by atoms with Crippen molar-refractivity contribution in [1.29, 1.82) is 0 Å². The number of methoxy groups -OCH3 is 1. The van der Waals surface area contributed by atoms with Crippen LogP contribution in [-0.2, 0) is 21.5 Å². The lowest BCUT2D eigenvalue weighted by atomic mass is 9.85. The third kappa shape index (κ3) is 4.80. The van der Waals surface area contributed by atoms with Gasteiger partial charge in [0.05, 0.1) is 24.3 Å². The van der Waals surface area contributed by atoms with Crippen molar-refractivity contribution < 1.29 is 19.4 Å². The number of pyridine rings is 1. The summed E-state index contributed by atoms with van der Waals surface area (Å²) >= 11 is 6.10. The van der Waals surface area contributed by atoms with E-state index in [-0.39, 0.29) is 23.3 Å². The fourth-order valence-electron chi connectivity index (χ4n) is 4.23. The lowest BCUT2D eigenvalue weighted by Gasteiger charge is -2.26. The average molecular weight is 491 g/mol. The molecule has 0 spiro atoms. The van der Waals surface area contributed by atoms with Crippen LogP contribution >= 0.6 is 11.6 Å². The second kappa shape index (κ2) is 9.55. The number of ether oxygens (including phenoxy) is 1. The topological polar surface area (TPSA) is 79.7 Å². The van der Waals surface area contributed by atoms with E-state index in [0.717, 1.165) is 11.1 Å². The normalized spacial score (nSPS) is 17.6. The van der Waals surface area contributed by atoms with Crippen molar-refractivity contribution in [2.45, 2.75) is 38.8 Å². The van der Waals surface area contributed by atoms with Crippen LogP contribution in [-0.4, -0.2) is 33.8 Å². The van der Waals surface area contributed by atoms with Crippen molar-refractivity contribution in [1.82, 2.24) is 9.88 Å². The summed E-state index contributed by atoms with van der Waals surface area (Å²) < 4.78 is 5.51. The monoisotopic (exact) mass is 490 g/mol. The molecule has 1 aliphatic heterocycles. The number of rotatable bonds is 5. The van der Waals surface area contributed by atoms with Crippen LogP contribution in [0.2, 0.25) is 5.02 Å². The van der Waals surface area contributed by atoms with Gasteiger partial charge >= 0.3 is 0 Å². The van der Waals surface area contributed by atoms with Crippen molar-refractivity contribution in [2.24, 2.45) is 0 Å². The lowest BCUT2D eigenvalue weighted by Crippen LogP contribution is -2.29. The number of carbonyl (C=O) groups excluding carboxylic acids is 2. The number of benzene rings is 2. The Balaban J connectivity index is 1.92. The van der Waals surface area contributed by atoms with Gasteiger partial charge in [0.15, 0.2) is 0 Å². The molecule has 35 heavy (non-hydrogen) atoms. The highest BCUT2D eigenvalue weighted by molar-refractivity contribution is 6.46. The summed E-state index contributed by atoms with van der Waals surface area (Å²) in [4.78, 5) is 32.2. The van der Waals surface area contributed by atoms with Gasteiger partial charge in [-0.05, 0) is 52.4 Å². The Bertz CT molecular complexity index is 1290. The van der Waals surface area contributed by atoms with Crippen molar-refractivity contribution >= 4 is 29.1 Å². The van der Waals surface area contributed by atoms with E-state index in [2.05, 4.69) is 25.8 Å². The summed E-state index contributed by atoms with van der Waals surface area (Å²) in [7, 11) is 1.50. The van der Waals surface area contributed by atoms with Crippen LogP contribution in [0.1, 0.15) is 49.1 Å². The molecule has 1 N–H and O–H groups in total. The van der Waals surface area contributed by atoms with E-state index in [1.807, 2.05) is 18.2 Å². The quantitative estimate of drug-likeness (QED) is 0.283. The second-order valence-electron chi connectivity index (χ2n) is 9.50. The molecule has 180 valence electrons. The average Bonchev–Trinajstić information content (AvgIpc) is 3.08. The molecule has 1 fully saturated rings. The first-order chi connectivity index (χ1) is 16.6. The molecule has 3 aromatic rings. The zero-order valence-electron chi connectivity index (χ0n) is 20.1. The van der Waals surface area contributed by atoms with Crippen molar-refractivity contribution in [3.63, 3.8) is 0 Å². The predicted molar refractivity (Wildman–Crippen MR) is 135 cm³/mol. The number of hydrogen-bond donors (Lipinski definition) is 1. The second-order valence-corrected chi connectivity index (χ2v) is 9.94. The van der Waals surface area contributed by atoms with Gasteiger partial charge in [0, 0.05) is 24.0 Å². The van der Waals surface area contributed by atoms with Crippen molar-refractivity contribution in [3.05, 3.63) is 99.8 Å². The maximum atomic E-state index is 13.4. The number of aliphatic hydroxyl groups is 1. The first-order valence-corrected chi connectivity index (χ1v) is 11.6. The number of amides is 1. The van der Waals surface area contributed by atoms with Crippen LogP contribution in [0.3, 0.4) is 0 Å². The van der Waals surface area contributed by atoms with E-state index in [1.54, 1.807) is 48.8 Å². The van der Waals surface area contributed by atoms with Crippen LogP contribution in [0.5, 0.6) is 5.75 Å².